The third kappa shape index (κ3) is 4.60. The van der Waals surface area contributed by atoms with Gasteiger partial charge in [0.2, 0.25) is 0 Å². The van der Waals surface area contributed by atoms with Crippen LogP contribution in [0.2, 0.25) is 0 Å². The molecule has 1 aliphatic heterocycles. The lowest BCUT2D eigenvalue weighted by molar-refractivity contribution is -0.146. The summed E-state index contributed by atoms with van der Waals surface area (Å²) >= 11 is 2.36. The van der Waals surface area contributed by atoms with E-state index in [0.717, 1.165) is 19.4 Å². The van der Waals surface area contributed by atoms with Crippen molar-refractivity contribution in [3.05, 3.63) is 0 Å². The Balaban J connectivity index is 2.14. The van der Waals surface area contributed by atoms with Crippen molar-refractivity contribution in [3.8, 4) is 11.8 Å². The molecule has 2 atom stereocenters. The summed E-state index contributed by atoms with van der Waals surface area (Å²) in [5, 5.41) is 0. The van der Waals surface area contributed by atoms with Gasteiger partial charge in [-0.05, 0) is 12.8 Å². The standard InChI is InChI=1S/C10H15IO3/c1-12-6-2-3-7-13-10-9(11)5-4-8-14-10/h9-10H,4-8H2,1H3/t9-,10-/m1/s1. The van der Waals surface area contributed by atoms with Gasteiger partial charge in [-0.15, -0.1) is 0 Å². The van der Waals surface area contributed by atoms with Crippen molar-refractivity contribution < 1.29 is 14.2 Å². The first kappa shape index (κ1) is 12.2. The molecule has 1 fully saturated rings. The minimum atomic E-state index is -0.0822. The number of alkyl halides is 1. The summed E-state index contributed by atoms with van der Waals surface area (Å²) in [6.07, 6.45) is 2.21. The molecule has 0 N–H and O–H groups in total. The van der Waals surface area contributed by atoms with Crippen LogP contribution in [-0.2, 0) is 14.2 Å². The molecule has 4 heteroatoms. The summed E-state index contributed by atoms with van der Waals surface area (Å²) in [7, 11) is 1.63. The second-order valence-electron chi connectivity index (χ2n) is 2.99. The van der Waals surface area contributed by atoms with Gasteiger partial charge in [0.25, 0.3) is 0 Å². The molecule has 0 amide bonds. The van der Waals surface area contributed by atoms with Crippen LogP contribution >= 0.6 is 22.6 Å². The van der Waals surface area contributed by atoms with Crippen molar-refractivity contribution in [2.75, 3.05) is 26.9 Å². The van der Waals surface area contributed by atoms with Gasteiger partial charge in [0.15, 0.2) is 6.29 Å². The van der Waals surface area contributed by atoms with E-state index in [1.807, 2.05) is 0 Å². The van der Waals surface area contributed by atoms with Crippen molar-refractivity contribution in [1.82, 2.24) is 0 Å². The lowest BCUT2D eigenvalue weighted by atomic mass is 10.2. The first-order valence-corrected chi connectivity index (χ1v) is 5.91. The predicted octanol–water partition coefficient (Wildman–Crippen LogP) is 1.59. The number of rotatable bonds is 3. The van der Waals surface area contributed by atoms with E-state index in [-0.39, 0.29) is 6.29 Å². The van der Waals surface area contributed by atoms with Crippen LogP contribution in [-0.4, -0.2) is 37.1 Å². The van der Waals surface area contributed by atoms with E-state index in [0.29, 0.717) is 17.1 Å². The largest absolute Gasteiger partial charge is 0.372 e. The Labute approximate surface area is 98.6 Å². The zero-order valence-corrected chi connectivity index (χ0v) is 10.5. The third-order valence-electron chi connectivity index (χ3n) is 1.86. The van der Waals surface area contributed by atoms with Gasteiger partial charge in [0.05, 0.1) is 3.92 Å². The van der Waals surface area contributed by atoms with Crippen LogP contribution in [0.3, 0.4) is 0 Å². The van der Waals surface area contributed by atoms with Gasteiger partial charge in [-0.2, -0.15) is 0 Å². The minimum absolute atomic E-state index is 0.0822. The maximum Gasteiger partial charge on any atom is 0.170 e. The Morgan fingerprint density at radius 3 is 2.93 bits per heavy atom. The molecule has 0 aliphatic carbocycles. The molecule has 0 aromatic rings. The molecule has 0 unspecified atom stereocenters. The monoisotopic (exact) mass is 310 g/mol. The fraction of sp³-hybridized carbons (Fsp3) is 0.800. The second kappa shape index (κ2) is 7.46. The minimum Gasteiger partial charge on any atom is -0.372 e. The van der Waals surface area contributed by atoms with Crippen LogP contribution in [0.1, 0.15) is 12.8 Å². The average molecular weight is 310 g/mol. The number of methoxy groups -OCH3 is 1. The summed E-state index contributed by atoms with van der Waals surface area (Å²) in [4.78, 5) is 0. The Morgan fingerprint density at radius 1 is 1.43 bits per heavy atom. The zero-order chi connectivity index (χ0) is 10.2. The van der Waals surface area contributed by atoms with Crippen LogP contribution in [0.5, 0.6) is 0 Å². The van der Waals surface area contributed by atoms with Crippen LogP contribution in [0, 0.1) is 11.8 Å². The summed E-state index contributed by atoms with van der Waals surface area (Å²) in [6, 6.07) is 0. The smallest absolute Gasteiger partial charge is 0.170 e. The molecule has 0 aromatic heterocycles. The van der Waals surface area contributed by atoms with Crippen LogP contribution < -0.4 is 0 Å². The summed E-state index contributed by atoms with van der Waals surface area (Å²) in [6.45, 7) is 1.69. The van der Waals surface area contributed by atoms with E-state index in [2.05, 4.69) is 34.4 Å². The van der Waals surface area contributed by atoms with E-state index in [1.165, 1.54) is 0 Å². The van der Waals surface area contributed by atoms with Gasteiger partial charge in [-0.25, -0.2) is 0 Å². The highest BCUT2D eigenvalue weighted by Gasteiger charge is 2.23. The van der Waals surface area contributed by atoms with Gasteiger partial charge in [0, 0.05) is 13.7 Å². The third-order valence-corrected chi connectivity index (χ3v) is 3.07. The molecule has 0 radical (unpaired) electrons. The van der Waals surface area contributed by atoms with E-state index in [1.54, 1.807) is 7.11 Å². The summed E-state index contributed by atoms with van der Waals surface area (Å²) in [5.74, 6) is 5.71. The molecule has 0 spiro atoms. The Hall–Kier alpha value is 0.170. The molecular weight excluding hydrogens is 295 g/mol. The molecule has 1 saturated heterocycles. The van der Waals surface area contributed by atoms with Crippen molar-refractivity contribution in [2.24, 2.45) is 0 Å². The Kier molecular flexibility index (Phi) is 6.52. The fourth-order valence-corrected chi connectivity index (χ4v) is 2.02. The molecule has 1 rings (SSSR count). The molecule has 0 saturated carbocycles. The van der Waals surface area contributed by atoms with E-state index < -0.39 is 0 Å². The zero-order valence-electron chi connectivity index (χ0n) is 8.29. The highest BCUT2D eigenvalue weighted by Crippen LogP contribution is 2.22. The number of hydrogen-bond acceptors (Lipinski definition) is 3. The molecule has 80 valence electrons. The Morgan fingerprint density at radius 2 is 2.21 bits per heavy atom. The molecule has 0 bridgehead atoms. The van der Waals surface area contributed by atoms with Crippen molar-refractivity contribution >= 4 is 22.6 Å². The lowest BCUT2D eigenvalue weighted by Gasteiger charge is -2.26. The quantitative estimate of drug-likeness (QED) is 0.450. The molecule has 1 heterocycles. The topological polar surface area (TPSA) is 27.7 Å². The van der Waals surface area contributed by atoms with E-state index >= 15 is 0 Å². The average Bonchev–Trinajstić information content (AvgIpc) is 2.20. The van der Waals surface area contributed by atoms with Crippen LogP contribution in [0.25, 0.3) is 0 Å². The number of ether oxygens (including phenoxy) is 3. The lowest BCUT2D eigenvalue weighted by Crippen LogP contribution is -2.32. The Bertz CT molecular complexity index is 209. The SMILES string of the molecule is COCC#CCO[C@@H]1OCCC[C@H]1I. The van der Waals surface area contributed by atoms with Gasteiger partial charge >= 0.3 is 0 Å². The number of hydrogen-bond donors (Lipinski definition) is 0. The normalized spacial score (nSPS) is 26.7. The fourth-order valence-electron chi connectivity index (χ4n) is 1.17. The first-order valence-electron chi connectivity index (χ1n) is 4.66. The highest BCUT2D eigenvalue weighted by molar-refractivity contribution is 14.1. The number of halogens is 1. The van der Waals surface area contributed by atoms with Gasteiger partial charge in [-0.3, -0.25) is 0 Å². The van der Waals surface area contributed by atoms with E-state index in [9.17, 15) is 0 Å². The van der Waals surface area contributed by atoms with Crippen molar-refractivity contribution in [1.29, 1.82) is 0 Å². The maximum atomic E-state index is 5.48. The van der Waals surface area contributed by atoms with Gasteiger partial charge in [0.1, 0.15) is 13.2 Å². The molecule has 1 aliphatic rings. The maximum absolute atomic E-state index is 5.48. The summed E-state index contributed by atoms with van der Waals surface area (Å²) < 4.78 is 16.2. The summed E-state index contributed by atoms with van der Waals surface area (Å²) in [5.41, 5.74) is 0. The van der Waals surface area contributed by atoms with E-state index in [4.69, 9.17) is 14.2 Å². The molecule has 3 nitrogen and oxygen atoms in total. The van der Waals surface area contributed by atoms with Crippen LogP contribution in [0.15, 0.2) is 0 Å². The highest BCUT2D eigenvalue weighted by atomic mass is 127. The van der Waals surface area contributed by atoms with Gasteiger partial charge in [-0.1, -0.05) is 34.4 Å². The molecular formula is C10H15IO3. The van der Waals surface area contributed by atoms with Crippen molar-refractivity contribution in [3.63, 3.8) is 0 Å². The van der Waals surface area contributed by atoms with Crippen LogP contribution in [0.4, 0.5) is 0 Å². The predicted molar refractivity (Wildman–Crippen MR) is 62.4 cm³/mol. The van der Waals surface area contributed by atoms with Crippen molar-refractivity contribution in [2.45, 2.75) is 23.1 Å². The molecule has 14 heavy (non-hydrogen) atoms. The first-order chi connectivity index (χ1) is 6.84. The molecule has 0 aromatic carbocycles. The van der Waals surface area contributed by atoms with Gasteiger partial charge < -0.3 is 14.2 Å². The second-order valence-corrected chi connectivity index (χ2v) is 4.59.